The van der Waals surface area contributed by atoms with Crippen molar-refractivity contribution in [3.8, 4) is 5.75 Å². The van der Waals surface area contributed by atoms with Crippen molar-refractivity contribution in [2.45, 2.75) is 0 Å². The molecule has 0 spiro atoms. The third-order valence-electron chi connectivity index (χ3n) is 2.99. The van der Waals surface area contributed by atoms with Gasteiger partial charge in [0.25, 0.3) is 5.56 Å². The molecule has 1 aromatic heterocycles. The number of phenolic OH excluding ortho intramolecular Hbond substituents is 1. The van der Waals surface area contributed by atoms with Crippen LogP contribution in [0.2, 0.25) is 0 Å². The summed E-state index contributed by atoms with van der Waals surface area (Å²) in [6, 6.07) is 11.0. The smallest absolute Gasteiger partial charge is 0.293 e. The second-order valence-corrected chi connectivity index (χ2v) is 4.68. The van der Waals surface area contributed by atoms with Gasteiger partial charge in [-0.15, -0.1) is 0 Å². The fraction of sp³-hybridized carbons (Fsp3) is 0. The lowest BCUT2D eigenvalue weighted by molar-refractivity contribution is 0.475. The van der Waals surface area contributed by atoms with Crippen LogP contribution in [0.4, 0.5) is 0 Å². The number of hydrogen-bond acceptors (Lipinski definition) is 5. The third-order valence-corrected chi connectivity index (χ3v) is 3.25. The van der Waals surface area contributed by atoms with Gasteiger partial charge < -0.3 is 5.11 Å². The number of nitrogens with one attached hydrogen (secondary N) is 1. The molecule has 0 aliphatic heterocycles. The van der Waals surface area contributed by atoms with Crippen LogP contribution >= 0.6 is 12.2 Å². The van der Waals surface area contributed by atoms with Crippen molar-refractivity contribution in [3.63, 3.8) is 0 Å². The van der Waals surface area contributed by atoms with Crippen LogP contribution < -0.4 is 5.56 Å². The van der Waals surface area contributed by atoms with E-state index in [0.717, 1.165) is 21.6 Å². The molecule has 0 aliphatic carbocycles. The Labute approximate surface area is 124 Å². The van der Waals surface area contributed by atoms with Crippen molar-refractivity contribution in [2.24, 2.45) is 5.10 Å². The normalized spacial score (nSPS) is 11.2. The van der Waals surface area contributed by atoms with Gasteiger partial charge in [-0.3, -0.25) is 9.89 Å². The van der Waals surface area contributed by atoms with Crippen molar-refractivity contribution >= 4 is 29.2 Å². The van der Waals surface area contributed by atoms with Gasteiger partial charge in [0.2, 0.25) is 4.77 Å². The second-order valence-electron chi connectivity index (χ2n) is 4.29. The van der Waals surface area contributed by atoms with Gasteiger partial charge in [0, 0.05) is 5.56 Å². The van der Waals surface area contributed by atoms with Crippen LogP contribution in [-0.2, 0) is 0 Å². The average molecular weight is 298 g/mol. The molecule has 0 unspecified atom stereocenters. The van der Waals surface area contributed by atoms with Crippen LogP contribution in [0.5, 0.6) is 5.75 Å². The van der Waals surface area contributed by atoms with Crippen LogP contribution in [0.15, 0.2) is 52.5 Å². The summed E-state index contributed by atoms with van der Waals surface area (Å²) in [7, 11) is 0. The summed E-state index contributed by atoms with van der Waals surface area (Å²) in [6.45, 7) is 0. The number of phenols is 1. The standard InChI is InChI=1S/C14H10N4O2S/c19-12-6-5-9-3-1-2-4-10(9)11(12)7-16-18-13(20)8-15-17-14(18)21/h1-8,19H,(H,17,21)/b16-7-. The molecule has 21 heavy (non-hydrogen) atoms. The second kappa shape index (κ2) is 5.29. The van der Waals surface area contributed by atoms with Gasteiger partial charge in [0.1, 0.15) is 11.9 Å². The van der Waals surface area contributed by atoms with E-state index in [1.807, 2.05) is 30.3 Å². The molecule has 0 aliphatic rings. The molecule has 3 aromatic rings. The van der Waals surface area contributed by atoms with Crippen molar-refractivity contribution in [1.29, 1.82) is 0 Å². The summed E-state index contributed by atoms with van der Waals surface area (Å²) in [5, 5.41) is 21.9. The number of benzene rings is 2. The summed E-state index contributed by atoms with van der Waals surface area (Å²) < 4.78 is 1.09. The molecule has 6 nitrogen and oxygen atoms in total. The van der Waals surface area contributed by atoms with Crippen molar-refractivity contribution in [2.75, 3.05) is 0 Å². The van der Waals surface area contributed by atoms with Crippen LogP contribution in [-0.4, -0.2) is 26.2 Å². The Morgan fingerprint density at radius 1 is 1.29 bits per heavy atom. The van der Waals surface area contributed by atoms with Gasteiger partial charge in [-0.1, -0.05) is 30.3 Å². The van der Waals surface area contributed by atoms with E-state index < -0.39 is 5.56 Å². The molecular formula is C14H10N4O2S. The van der Waals surface area contributed by atoms with Gasteiger partial charge in [-0.25, -0.2) is 0 Å². The minimum Gasteiger partial charge on any atom is -0.507 e. The van der Waals surface area contributed by atoms with Crippen LogP contribution in [0.3, 0.4) is 0 Å². The zero-order chi connectivity index (χ0) is 14.8. The predicted molar refractivity (Wildman–Crippen MR) is 82.3 cm³/mol. The van der Waals surface area contributed by atoms with Gasteiger partial charge >= 0.3 is 0 Å². The summed E-state index contributed by atoms with van der Waals surface area (Å²) in [6.07, 6.45) is 2.48. The van der Waals surface area contributed by atoms with Gasteiger partial charge in [0.15, 0.2) is 0 Å². The first-order chi connectivity index (χ1) is 10.2. The number of H-pyrrole nitrogens is 1. The largest absolute Gasteiger partial charge is 0.507 e. The molecule has 2 aromatic carbocycles. The Morgan fingerprint density at radius 2 is 2.10 bits per heavy atom. The molecular weight excluding hydrogens is 288 g/mol. The van der Waals surface area contributed by atoms with E-state index in [1.54, 1.807) is 6.07 Å². The average Bonchev–Trinajstić information content (AvgIpc) is 2.48. The molecule has 3 rings (SSSR count). The molecule has 0 bridgehead atoms. The quantitative estimate of drug-likeness (QED) is 0.560. The molecule has 0 amide bonds. The topological polar surface area (TPSA) is 83.3 Å². The van der Waals surface area contributed by atoms with Crippen LogP contribution in [0.1, 0.15) is 5.56 Å². The summed E-state index contributed by atoms with van der Waals surface area (Å²) in [5.74, 6) is 0.0782. The van der Waals surface area contributed by atoms with Crippen LogP contribution in [0.25, 0.3) is 10.8 Å². The van der Waals surface area contributed by atoms with Crippen molar-refractivity contribution < 1.29 is 5.11 Å². The number of rotatable bonds is 2. The zero-order valence-corrected chi connectivity index (χ0v) is 11.5. The Hall–Kier alpha value is -2.80. The molecule has 2 N–H and O–H groups in total. The monoisotopic (exact) mass is 298 g/mol. The first-order valence-corrected chi connectivity index (χ1v) is 6.49. The molecule has 0 atom stereocenters. The number of hydrogen-bond donors (Lipinski definition) is 2. The first-order valence-electron chi connectivity index (χ1n) is 6.08. The minimum atomic E-state index is -0.449. The van der Waals surface area contributed by atoms with E-state index in [-0.39, 0.29) is 10.5 Å². The highest BCUT2D eigenvalue weighted by atomic mass is 32.1. The molecule has 0 radical (unpaired) electrons. The van der Waals surface area contributed by atoms with Gasteiger partial charge in [0.05, 0.1) is 6.21 Å². The fourth-order valence-corrected chi connectivity index (χ4v) is 2.18. The summed E-state index contributed by atoms with van der Waals surface area (Å²) in [5.41, 5.74) is 0.0703. The molecule has 104 valence electrons. The number of aromatic hydroxyl groups is 1. The SMILES string of the molecule is O=c1cn[nH]c(=S)n1/N=C\c1c(O)ccc2ccccc12. The van der Waals surface area contributed by atoms with E-state index in [9.17, 15) is 9.90 Å². The molecule has 0 fully saturated rings. The molecule has 0 saturated carbocycles. The van der Waals surface area contributed by atoms with E-state index in [1.165, 1.54) is 6.21 Å². The lowest BCUT2D eigenvalue weighted by Crippen LogP contribution is -2.18. The van der Waals surface area contributed by atoms with Crippen molar-refractivity contribution in [3.05, 3.63) is 63.3 Å². The Kier molecular flexibility index (Phi) is 3.33. The van der Waals surface area contributed by atoms with Gasteiger partial charge in [-0.05, 0) is 29.1 Å². The predicted octanol–water partition coefficient (Wildman–Crippen LogP) is 2.04. The summed E-state index contributed by atoms with van der Waals surface area (Å²) >= 11 is 4.95. The first kappa shape index (κ1) is 13.2. The number of aromatic amines is 1. The Bertz CT molecular complexity index is 931. The minimum absolute atomic E-state index is 0.0782. The van der Waals surface area contributed by atoms with Crippen LogP contribution in [0, 0.1) is 4.77 Å². The van der Waals surface area contributed by atoms with Gasteiger partial charge in [-0.2, -0.15) is 14.9 Å². The lowest BCUT2D eigenvalue weighted by Gasteiger charge is -2.04. The molecule has 1 heterocycles. The maximum atomic E-state index is 11.6. The fourth-order valence-electron chi connectivity index (χ4n) is 1.99. The lowest BCUT2D eigenvalue weighted by atomic mass is 10.0. The highest BCUT2D eigenvalue weighted by molar-refractivity contribution is 7.71. The van der Waals surface area contributed by atoms with E-state index in [4.69, 9.17) is 12.2 Å². The molecule has 0 saturated heterocycles. The molecule has 7 heteroatoms. The van der Waals surface area contributed by atoms with E-state index in [0.29, 0.717) is 5.56 Å². The zero-order valence-electron chi connectivity index (χ0n) is 10.7. The maximum Gasteiger partial charge on any atom is 0.293 e. The highest BCUT2D eigenvalue weighted by Gasteiger charge is 2.04. The van der Waals surface area contributed by atoms with Crippen molar-refractivity contribution in [1.82, 2.24) is 14.9 Å². The van der Waals surface area contributed by atoms with E-state index in [2.05, 4.69) is 15.3 Å². The Balaban J connectivity index is 2.18. The number of aromatic nitrogens is 3. The summed E-state index contributed by atoms with van der Waals surface area (Å²) in [4.78, 5) is 11.6. The number of nitrogens with zero attached hydrogens (tertiary/aromatic N) is 3. The Morgan fingerprint density at radius 3 is 2.90 bits per heavy atom. The maximum absolute atomic E-state index is 11.6. The number of fused-ring (bicyclic) bond motifs is 1. The highest BCUT2D eigenvalue weighted by Crippen LogP contribution is 2.25. The van der Waals surface area contributed by atoms with E-state index >= 15 is 0 Å². The third kappa shape index (κ3) is 2.46.